The number of halogens is 1. The van der Waals surface area contributed by atoms with Crippen molar-refractivity contribution in [1.29, 1.82) is 0 Å². The van der Waals surface area contributed by atoms with Crippen LogP contribution in [0.4, 0.5) is 10.1 Å². The van der Waals surface area contributed by atoms with Crippen molar-refractivity contribution in [1.82, 2.24) is 9.29 Å². The van der Waals surface area contributed by atoms with Gasteiger partial charge in [-0.15, -0.1) is 0 Å². The van der Waals surface area contributed by atoms with Crippen molar-refractivity contribution in [2.75, 3.05) is 31.1 Å². The van der Waals surface area contributed by atoms with E-state index < -0.39 is 21.6 Å². The second-order valence-electron chi connectivity index (χ2n) is 6.44. The first kappa shape index (κ1) is 17.7. The van der Waals surface area contributed by atoms with Gasteiger partial charge in [0.25, 0.3) is 0 Å². The highest BCUT2D eigenvalue weighted by Gasteiger charge is 2.28. The van der Waals surface area contributed by atoms with Crippen LogP contribution in [0.1, 0.15) is 5.56 Å². The SMILES string of the molecule is O=c1[nH]c2cccc(N3CCN(S(=O)(=O)Cc4ccc(F)cc4)CC3)c2o1. The molecule has 0 radical (unpaired) electrons. The summed E-state index contributed by atoms with van der Waals surface area (Å²) >= 11 is 0. The fourth-order valence-corrected chi connectivity index (χ4v) is 4.81. The Balaban J connectivity index is 1.48. The smallest absolute Gasteiger partial charge is 0.406 e. The summed E-state index contributed by atoms with van der Waals surface area (Å²) in [5, 5.41) is 0. The lowest BCUT2D eigenvalue weighted by Crippen LogP contribution is -2.49. The Morgan fingerprint density at radius 2 is 1.74 bits per heavy atom. The second-order valence-corrected chi connectivity index (χ2v) is 8.41. The van der Waals surface area contributed by atoms with E-state index in [2.05, 4.69) is 4.98 Å². The van der Waals surface area contributed by atoms with Gasteiger partial charge in [-0.1, -0.05) is 18.2 Å². The van der Waals surface area contributed by atoms with Crippen LogP contribution in [0, 0.1) is 5.82 Å². The van der Waals surface area contributed by atoms with Gasteiger partial charge in [0.15, 0.2) is 5.58 Å². The van der Waals surface area contributed by atoms with Crippen molar-refractivity contribution < 1.29 is 17.2 Å². The van der Waals surface area contributed by atoms with Crippen molar-refractivity contribution in [2.24, 2.45) is 0 Å². The summed E-state index contributed by atoms with van der Waals surface area (Å²) in [6.07, 6.45) is 0. The average molecular weight is 391 g/mol. The number of fused-ring (bicyclic) bond motifs is 1. The van der Waals surface area contributed by atoms with Crippen LogP contribution in [0.15, 0.2) is 51.7 Å². The molecule has 7 nitrogen and oxygen atoms in total. The largest absolute Gasteiger partial charge is 0.417 e. The van der Waals surface area contributed by atoms with E-state index in [0.29, 0.717) is 42.8 Å². The number of oxazole rings is 1. The molecule has 0 unspecified atom stereocenters. The summed E-state index contributed by atoms with van der Waals surface area (Å²) < 4.78 is 45.0. The van der Waals surface area contributed by atoms with Gasteiger partial charge < -0.3 is 9.32 Å². The third-order valence-corrected chi connectivity index (χ3v) is 6.51. The maximum Gasteiger partial charge on any atom is 0.417 e. The summed E-state index contributed by atoms with van der Waals surface area (Å²) in [6, 6.07) is 10.9. The number of nitrogens with zero attached hydrogens (tertiary/aromatic N) is 2. The summed E-state index contributed by atoms with van der Waals surface area (Å²) in [7, 11) is -3.49. The second kappa shape index (κ2) is 6.82. The van der Waals surface area contributed by atoms with E-state index in [1.807, 2.05) is 17.0 Å². The van der Waals surface area contributed by atoms with Gasteiger partial charge >= 0.3 is 5.76 Å². The van der Waals surface area contributed by atoms with Crippen molar-refractivity contribution in [2.45, 2.75) is 5.75 Å². The van der Waals surface area contributed by atoms with Crippen molar-refractivity contribution in [3.05, 3.63) is 64.4 Å². The van der Waals surface area contributed by atoms with Crippen LogP contribution < -0.4 is 10.7 Å². The Bertz CT molecular complexity index is 1110. The van der Waals surface area contributed by atoms with Crippen molar-refractivity contribution >= 4 is 26.8 Å². The molecule has 3 aromatic rings. The predicted octanol–water partition coefficient (Wildman–Crippen LogP) is 1.91. The molecule has 0 aliphatic carbocycles. The van der Waals surface area contributed by atoms with Crippen LogP contribution in [0.25, 0.3) is 11.1 Å². The van der Waals surface area contributed by atoms with Crippen molar-refractivity contribution in [3.63, 3.8) is 0 Å². The van der Waals surface area contributed by atoms with E-state index in [-0.39, 0.29) is 5.75 Å². The molecular weight excluding hydrogens is 373 g/mol. The molecule has 0 spiro atoms. The van der Waals surface area contributed by atoms with Crippen LogP contribution in [-0.2, 0) is 15.8 Å². The van der Waals surface area contributed by atoms with Gasteiger partial charge in [0, 0.05) is 26.2 Å². The Kier molecular flexibility index (Phi) is 4.48. The first-order valence-corrected chi connectivity index (χ1v) is 10.1. The third-order valence-electron chi connectivity index (χ3n) is 4.66. The maximum absolute atomic E-state index is 13.0. The molecule has 1 aliphatic heterocycles. The number of benzene rings is 2. The first-order chi connectivity index (χ1) is 12.9. The summed E-state index contributed by atoms with van der Waals surface area (Å²) in [5.41, 5.74) is 2.41. The number of anilines is 1. The zero-order chi connectivity index (χ0) is 19.0. The van der Waals surface area contributed by atoms with Gasteiger partial charge in [-0.25, -0.2) is 17.6 Å². The molecular formula is C18H18FN3O4S. The number of sulfonamides is 1. The molecule has 0 bridgehead atoms. The molecule has 2 aromatic carbocycles. The number of aromatic amines is 1. The molecule has 1 aliphatic rings. The normalized spacial score (nSPS) is 16.1. The summed E-state index contributed by atoms with van der Waals surface area (Å²) in [6.45, 7) is 1.62. The molecule has 1 aromatic heterocycles. The quantitative estimate of drug-likeness (QED) is 0.734. The molecule has 1 N–H and O–H groups in total. The lowest BCUT2D eigenvalue weighted by atomic mass is 10.2. The van der Waals surface area contributed by atoms with Crippen molar-refractivity contribution in [3.8, 4) is 0 Å². The third kappa shape index (κ3) is 3.60. The van der Waals surface area contributed by atoms with Crippen LogP contribution in [0.2, 0.25) is 0 Å². The lowest BCUT2D eigenvalue weighted by Gasteiger charge is -2.35. The van der Waals surface area contributed by atoms with E-state index in [4.69, 9.17) is 4.42 Å². The number of aromatic nitrogens is 1. The van der Waals surface area contributed by atoms with E-state index >= 15 is 0 Å². The monoisotopic (exact) mass is 391 g/mol. The van der Waals surface area contributed by atoms with Crippen LogP contribution in [-0.4, -0.2) is 43.9 Å². The van der Waals surface area contributed by atoms with Gasteiger partial charge in [-0.2, -0.15) is 4.31 Å². The average Bonchev–Trinajstić information content (AvgIpc) is 3.04. The molecule has 9 heteroatoms. The van der Waals surface area contributed by atoms with E-state index in [0.717, 1.165) is 5.69 Å². The first-order valence-electron chi connectivity index (χ1n) is 8.51. The fourth-order valence-electron chi connectivity index (χ4n) is 3.30. The van der Waals surface area contributed by atoms with Gasteiger partial charge in [-0.05, 0) is 29.8 Å². The van der Waals surface area contributed by atoms with Gasteiger partial charge in [0.1, 0.15) is 5.82 Å². The molecule has 142 valence electrons. The highest BCUT2D eigenvalue weighted by Crippen LogP contribution is 2.26. The summed E-state index contributed by atoms with van der Waals surface area (Å²) in [5.74, 6) is -1.07. The highest BCUT2D eigenvalue weighted by molar-refractivity contribution is 7.88. The lowest BCUT2D eigenvalue weighted by molar-refractivity contribution is 0.384. The standard InChI is InChI=1S/C18H18FN3O4S/c19-14-6-4-13(5-7-14)12-27(24,25)22-10-8-21(9-11-22)16-3-1-2-15-17(16)26-18(23)20-15/h1-7H,8-12H2,(H,20,23). The Labute approximate surface area is 155 Å². The predicted molar refractivity (Wildman–Crippen MR) is 99.6 cm³/mol. The summed E-state index contributed by atoms with van der Waals surface area (Å²) in [4.78, 5) is 16.1. The van der Waals surface area contributed by atoms with Crippen LogP contribution in [0.5, 0.6) is 0 Å². The minimum Gasteiger partial charge on any atom is -0.406 e. The number of para-hydroxylation sites is 1. The Morgan fingerprint density at radius 1 is 1.04 bits per heavy atom. The minimum absolute atomic E-state index is 0.157. The number of rotatable bonds is 4. The zero-order valence-corrected chi connectivity index (χ0v) is 15.2. The molecule has 4 rings (SSSR count). The molecule has 2 heterocycles. The maximum atomic E-state index is 13.0. The zero-order valence-electron chi connectivity index (χ0n) is 14.4. The number of hydrogen-bond donors (Lipinski definition) is 1. The fraction of sp³-hybridized carbons (Fsp3) is 0.278. The molecule has 1 fully saturated rings. The van der Waals surface area contributed by atoms with E-state index in [1.54, 1.807) is 6.07 Å². The molecule has 0 amide bonds. The van der Waals surface area contributed by atoms with E-state index in [9.17, 15) is 17.6 Å². The Morgan fingerprint density at radius 3 is 2.44 bits per heavy atom. The molecule has 27 heavy (non-hydrogen) atoms. The molecule has 1 saturated heterocycles. The molecule has 0 saturated carbocycles. The number of nitrogens with one attached hydrogen (secondary N) is 1. The van der Waals surface area contributed by atoms with Gasteiger partial charge in [0.05, 0.1) is 17.0 Å². The number of H-pyrrole nitrogens is 1. The van der Waals surface area contributed by atoms with Gasteiger partial charge in [-0.3, -0.25) is 4.98 Å². The Hall–Kier alpha value is -2.65. The van der Waals surface area contributed by atoms with E-state index in [1.165, 1.54) is 28.6 Å². The van der Waals surface area contributed by atoms with Crippen LogP contribution in [0.3, 0.4) is 0 Å². The number of hydrogen-bond acceptors (Lipinski definition) is 5. The topological polar surface area (TPSA) is 86.6 Å². The highest BCUT2D eigenvalue weighted by atomic mass is 32.2. The minimum atomic E-state index is -3.49. The van der Waals surface area contributed by atoms with Crippen LogP contribution >= 0.6 is 0 Å². The molecule has 0 atom stereocenters. The number of piperazine rings is 1. The van der Waals surface area contributed by atoms with Gasteiger partial charge in [0.2, 0.25) is 10.0 Å².